The number of rotatable bonds is 2. The fourth-order valence-corrected chi connectivity index (χ4v) is 1.56. The van der Waals surface area contributed by atoms with Crippen LogP contribution < -0.4 is 0 Å². The molecule has 0 amide bonds. The van der Waals surface area contributed by atoms with Gasteiger partial charge in [-0.2, -0.15) is 8.42 Å². The van der Waals surface area contributed by atoms with E-state index in [0.717, 1.165) is 0 Å². The molecule has 0 atom stereocenters. The molecule has 0 N–H and O–H groups in total. The first-order chi connectivity index (χ1) is 6.90. The van der Waals surface area contributed by atoms with Gasteiger partial charge in [0.25, 0.3) is 16.1 Å². The second kappa shape index (κ2) is 3.84. The third-order valence-corrected chi connectivity index (χ3v) is 2.62. The van der Waals surface area contributed by atoms with E-state index in [2.05, 4.69) is 4.40 Å². The summed E-state index contributed by atoms with van der Waals surface area (Å²) in [7, 11) is -4.66. The molecule has 0 saturated heterocycles. The Labute approximate surface area is 82.1 Å². The maximum absolute atomic E-state index is 12.9. The first kappa shape index (κ1) is 11.4. The number of isocyanates is 1. The zero-order chi connectivity index (χ0) is 11.6. The van der Waals surface area contributed by atoms with Crippen molar-refractivity contribution in [1.29, 1.82) is 0 Å². The van der Waals surface area contributed by atoms with Gasteiger partial charge in [0.1, 0.15) is 4.90 Å². The minimum absolute atomic E-state index is 0.408. The van der Waals surface area contributed by atoms with E-state index in [0.29, 0.717) is 18.2 Å². The number of carbonyl (C=O) groups excluding carboxylic acids is 1. The Kier molecular flexibility index (Phi) is 2.92. The molecule has 0 saturated carbocycles. The summed E-state index contributed by atoms with van der Waals surface area (Å²) >= 11 is 0. The van der Waals surface area contributed by atoms with Crippen LogP contribution in [0.1, 0.15) is 0 Å². The smallest absolute Gasteiger partial charge is 0.210 e. The second-order valence-electron chi connectivity index (χ2n) is 2.33. The molecule has 0 heterocycles. The molecule has 1 aromatic carbocycles. The number of halogens is 3. The normalized spacial score (nSPS) is 10.9. The first-order valence-electron chi connectivity index (χ1n) is 3.38. The van der Waals surface area contributed by atoms with Gasteiger partial charge in [0.05, 0.1) is 0 Å². The highest BCUT2D eigenvalue weighted by Crippen LogP contribution is 2.20. The van der Waals surface area contributed by atoms with Crippen LogP contribution >= 0.6 is 0 Å². The summed E-state index contributed by atoms with van der Waals surface area (Å²) in [5.41, 5.74) is 0. The molecular formula is C7H2F3NO3S. The molecule has 0 aromatic heterocycles. The van der Waals surface area contributed by atoms with Gasteiger partial charge in [-0.3, -0.25) is 0 Å². The van der Waals surface area contributed by atoms with Crippen LogP contribution in [0.5, 0.6) is 0 Å². The van der Waals surface area contributed by atoms with Crippen LogP contribution in [-0.4, -0.2) is 14.5 Å². The molecule has 1 aromatic rings. The highest BCUT2D eigenvalue weighted by molar-refractivity contribution is 7.90. The van der Waals surface area contributed by atoms with Crippen LogP contribution in [0.3, 0.4) is 0 Å². The minimum Gasteiger partial charge on any atom is -0.210 e. The molecule has 80 valence electrons. The lowest BCUT2D eigenvalue weighted by atomic mass is 10.3. The summed E-state index contributed by atoms with van der Waals surface area (Å²) in [6.45, 7) is 0. The quantitative estimate of drug-likeness (QED) is 0.440. The fourth-order valence-electron chi connectivity index (χ4n) is 0.806. The third kappa shape index (κ3) is 2.05. The first-order valence-corrected chi connectivity index (χ1v) is 4.82. The standard InChI is InChI=1S/C7H2F3NO3S/c8-4-1-2-5(7(10)6(4)9)15(13,14)11-3-12/h1-2H. The van der Waals surface area contributed by atoms with Crippen LogP contribution in [-0.2, 0) is 14.8 Å². The molecule has 0 spiro atoms. The van der Waals surface area contributed by atoms with E-state index in [1.807, 2.05) is 0 Å². The number of hydrogen-bond donors (Lipinski definition) is 0. The van der Waals surface area contributed by atoms with Gasteiger partial charge in [-0.15, -0.1) is 0 Å². The maximum atomic E-state index is 12.9. The predicted octanol–water partition coefficient (Wildman–Crippen LogP) is 1.13. The Morgan fingerprint density at radius 1 is 1.13 bits per heavy atom. The highest BCUT2D eigenvalue weighted by atomic mass is 32.2. The van der Waals surface area contributed by atoms with E-state index in [9.17, 15) is 26.4 Å². The van der Waals surface area contributed by atoms with Crippen LogP contribution in [0.4, 0.5) is 13.2 Å². The highest BCUT2D eigenvalue weighted by Gasteiger charge is 2.23. The number of nitrogens with zero attached hydrogens (tertiary/aromatic N) is 1. The topological polar surface area (TPSA) is 63.6 Å². The van der Waals surface area contributed by atoms with Crippen molar-refractivity contribution in [2.24, 2.45) is 4.40 Å². The van der Waals surface area contributed by atoms with E-state index < -0.39 is 32.4 Å². The molecule has 8 heteroatoms. The van der Waals surface area contributed by atoms with Crippen LogP contribution in [0.15, 0.2) is 21.4 Å². The molecule has 0 unspecified atom stereocenters. The van der Waals surface area contributed by atoms with Crippen molar-refractivity contribution in [3.8, 4) is 0 Å². The van der Waals surface area contributed by atoms with Gasteiger partial charge in [-0.25, -0.2) is 18.0 Å². The Balaban J connectivity index is 3.54. The molecule has 0 bridgehead atoms. The van der Waals surface area contributed by atoms with Gasteiger partial charge < -0.3 is 0 Å². The lowest BCUT2D eigenvalue weighted by Crippen LogP contribution is -2.03. The SMILES string of the molecule is O=C=NS(=O)(=O)c1ccc(F)c(F)c1F. The second-order valence-corrected chi connectivity index (χ2v) is 3.90. The molecule has 0 aliphatic rings. The summed E-state index contributed by atoms with van der Waals surface area (Å²) in [6, 6.07) is 0.871. The van der Waals surface area contributed by atoms with Crippen molar-refractivity contribution >= 4 is 16.1 Å². The van der Waals surface area contributed by atoms with Gasteiger partial charge in [0.2, 0.25) is 0 Å². The average molecular weight is 237 g/mol. The summed E-state index contributed by atoms with van der Waals surface area (Å²) in [5.74, 6) is -5.41. The molecule has 0 fully saturated rings. The molecule has 0 aliphatic carbocycles. The van der Waals surface area contributed by atoms with Gasteiger partial charge in [-0.05, 0) is 12.1 Å². The molecule has 4 nitrogen and oxygen atoms in total. The van der Waals surface area contributed by atoms with Crippen molar-refractivity contribution in [1.82, 2.24) is 0 Å². The summed E-state index contributed by atoms with van der Waals surface area (Å²) < 4.78 is 62.1. The Morgan fingerprint density at radius 2 is 1.73 bits per heavy atom. The van der Waals surface area contributed by atoms with E-state index in [1.54, 1.807) is 0 Å². The van der Waals surface area contributed by atoms with Crippen LogP contribution in [0.25, 0.3) is 0 Å². The minimum atomic E-state index is -4.66. The molecule has 0 aliphatic heterocycles. The van der Waals surface area contributed by atoms with Crippen molar-refractivity contribution < 1.29 is 26.4 Å². The van der Waals surface area contributed by atoms with Crippen molar-refractivity contribution in [3.63, 3.8) is 0 Å². The Hall–Kier alpha value is -1.66. The lowest BCUT2D eigenvalue weighted by Gasteiger charge is -2.00. The molecular weight excluding hydrogens is 235 g/mol. The average Bonchev–Trinajstić information content (AvgIpc) is 2.13. The summed E-state index contributed by atoms with van der Waals surface area (Å²) in [4.78, 5) is 8.48. The van der Waals surface area contributed by atoms with E-state index in [4.69, 9.17) is 0 Å². The van der Waals surface area contributed by atoms with E-state index in [-0.39, 0.29) is 0 Å². The Bertz CT molecular complexity index is 549. The van der Waals surface area contributed by atoms with E-state index >= 15 is 0 Å². The molecule has 1 rings (SSSR count). The van der Waals surface area contributed by atoms with Gasteiger partial charge >= 0.3 is 0 Å². The summed E-state index contributed by atoms with van der Waals surface area (Å²) in [5, 5.41) is 0. The molecule has 15 heavy (non-hydrogen) atoms. The Morgan fingerprint density at radius 3 is 2.27 bits per heavy atom. The predicted molar refractivity (Wildman–Crippen MR) is 41.6 cm³/mol. The largest absolute Gasteiger partial charge is 0.295 e. The van der Waals surface area contributed by atoms with Crippen LogP contribution in [0, 0.1) is 17.5 Å². The van der Waals surface area contributed by atoms with Crippen LogP contribution in [0.2, 0.25) is 0 Å². The fraction of sp³-hybridized carbons (Fsp3) is 0. The van der Waals surface area contributed by atoms with Gasteiger partial charge in [0, 0.05) is 0 Å². The van der Waals surface area contributed by atoms with E-state index in [1.165, 1.54) is 0 Å². The number of hydrogen-bond acceptors (Lipinski definition) is 3. The summed E-state index contributed by atoms with van der Waals surface area (Å²) in [6.07, 6.45) is 0.672. The van der Waals surface area contributed by atoms with Gasteiger partial charge in [-0.1, -0.05) is 4.40 Å². The zero-order valence-corrected chi connectivity index (χ0v) is 7.69. The van der Waals surface area contributed by atoms with Crippen molar-refractivity contribution in [2.45, 2.75) is 4.90 Å². The van der Waals surface area contributed by atoms with Gasteiger partial charge in [0.15, 0.2) is 17.5 Å². The number of sulfonamides is 1. The van der Waals surface area contributed by atoms with Crippen molar-refractivity contribution in [3.05, 3.63) is 29.6 Å². The zero-order valence-electron chi connectivity index (χ0n) is 6.87. The lowest BCUT2D eigenvalue weighted by molar-refractivity contribution is 0.432. The third-order valence-electron chi connectivity index (χ3n) is 1.44. The maximum Gasteiger partial charge on any atom is 0.295 e. The molecule has 0 radical (unpaired) electrons. The monoisotopic (exact) mass is 237 g/mol. The van der Waals surface area contributed by atoms with Crippen molar-refractivity contribution in [2.75, 3.05) is 0 Å². The number of benzene rings is 1.